The smallest absolute Gasteiger partial charge is 0.259 e. The Balaban J connectivity index is 1.45. The minimum atomic E-state index is -1.77. The first-order valence-corrected chi connectivity index (χ1v) is 15.2. The van der Waals surface area contributed by atoms with Crippen molar-refractivity contribution in [3.63, 3.8) is 0 Å². The molecule has 4 N–H and O–H groups in total. The fourth-order valence-corrected chi connectivity index (χ4v) is 6.05. The molecule has 12 heteroatoms. The Labute approximate surface area is 237 Å². The quantitative estimate of drug-likeness (QED) is 0.117. The van der Waals surface area contributed by atoms with Gasteiger partial charge in [0.15, 0.2) is 11.2 Å². The van der Waals surface area contributed by atoms with Crippen LogP contribution in [0.2, 0.25) is 0 Å². The van der Waals surface area contributed by atoms with Crippen molar-refractivity contribution in [3.05, 3.63) is 0 Å². The summed E-state index contributed by atoms with van der Waals surface area (Å²) in [5.74, 6) is -0.522. The predicted molar refractivity (Wildman–Crippen MR) is 143 cm³/mol. The Bertz CT molecular complexity index is 706. The van der Waals surface area contributed by atoms with E-state index < -0.39 is 41.5 Å². The average molecular weight is 578 g/mol. The Morgan fingerprint density at radius 1 is 0.800 bits per heavy atom. The van der Waals surface area contributed by atoms with Gasteiger partial charge in [0.05, 0.1) is 26.4 Å². The second-order valence-electron chi connectivity index (χ2n) is 11.1. The summed E-state index contributed by atoms with van der Waals surface area (Å²) >= 11 is 0. The van der Waals surface area contributed by atoms with E-state index >= 15 is 0 Å². The minimum Gasteiger partial charge on any atom is -0.394 e. The molecule has 0 unspecified atom stereocenters. The summed E-state index contributed by atoms with van der Waals surface area (Å²) < 4.78 is 5.75. The van der Waals surface area contributed by atoms with Gasteiger partial charge in [-0.2, -0.15) is 0 Å². The van der Waals surface area contributed by atoms with Crippen molar-refractivity contribution in [2.75, 3.05) is 46.2 Å². The minimum absolute atomic E-state index is 0.0553. The molecule has 40 heavy (non-hydrogen) atoms. The molecule has 3 aliphatic rings. The van der Waals surface area contributed by atoms with E-state index in [1.807, 2.05) is 0 Å². The molecule has 12 nitrogen and oxygen atoms in total. The van der Waals surface area contributed by atoms with Gasteiger partial charge in [0.1, 0.15) is 12.2 Å². The molecular formula is C28H51NO11. The van der Waals surface area contributed by atoms with Crippen LogP contribution in [0.3, 0.4) is 0 Å². The number of rotatable bonds is 21. The van der Waals surface area contributed by atoms with Crippen molar-refractivity contribution < 1.29 is 54.2 Å². The molecule has 0 aromatic rings. The summed E-state index contributed by atoms with van der Waals surface area (Å²) in [5.41, 5.74) is -5.25. The molecule has 0 aromatic carbocycles. The van der Waals surface area contributed by atoms with Crippen molar-refractivity contribution in [2.24, 2.45) is 0 Å². The van der Waals surface area contributed by atoms with Crippen LogP contribution in [0, 0.1) is 0 Å². The molecule has 234 valence electrons. The topological polar surface area (TPSA) is 154 Å². The lowest BCUT2D eigenvalue weighted by atomic mass is 9.63. The molecule has 0 radical (unpaired) electrons. The van der Waals surface area contributed by atoms with Gasteiger partial charge in [0.2, 0.25) is 5.60 Å². The number of hydrogen-bond acceptors (Lipinski definition) is 11. The summed E-state index contributed by atoms with van der Waals surface area (Å²) in [4.78, 5) is 46.2. The lowest BCUT2D eigenvalue weighted by Crippen LogP contribution is -2.76. The summed E-state index contributed by atoms with van der Waals surface area (Å²) in [6, 6.07) is 0. The maximum Gasteiger partial charge on any atom is 0.259 e. The van der Waals surface area contributed by atoms with Crippen LogP contribution in [0.25, 0.3) is 0 Å². The number of amides is 1. The Hall–Kier alpha value is -0.930. The molecule has 3 heterocycles. The van der Waals surface area contributed by atoms with Crippen molar-refractivity contribution in [1.29, 1.82) is 0 Å². The normalized spacial score (nSPS) is 30.1. The van der Waals surface area contributed by atoms with Crippen molar-refractivity contribution in [3.8, 4) is 0 Å². The van der Waals surface area contributed by atoms with E-state index in [-0.39, 0.29) is 39.1 Å². The zero-order chi connectivity index (χ0) is 28.7. The summed E-state index contributed by atoms with van der Waals surface area (Å²) in [6.07, 6.45) is 10.3. The first-order chi connectivity index (χ1) is 19.5. The van der Waals surface area contributed by atoms with E-state index in [0.29, 0.717) is 26.2 Å². The van der Waals surface area contributed by atoms with Gasteiger partial charge in [-0.05, 0) is 12.8 Å². The molecule has 0 aromatic heterocycles. The SMILES string of the molecule is CCCCCCCCCCCCOCCCNC(=O)[C@]1([C@]2([C@]3([C@@H](O)[C@H](O)CO)CCOO3)CCOO2)CCOO1. The third-order valence-corrected chi connectivity index (χ3v) is 8.37. The number of nitrogens with one attached hydrogen (secondary N) is 1. The highest BCUT2D eigenvalue weighted by atomic mass is 17.3. The van der Waals surface area contributed by atoms with E-state index in [4.69, 9.17) is 34.1 Å². The van der Waals surface area contributed by atoms with E-state index in [9.17, 15) is 20.1 Å². The monoisotopic (exact) mass is 577 g/mol. The Kier molecular flexibility index (Phi) is 14.5. The lowest BCUT2D eigenvalue weighted by Gasteiger charge is -2.50. The van der Waals surface area contributed by atoms with Gasteiger partial charge in [-0.1, -0.05) is 64.7 Å². The van der Waals surface area contributed by atoms with E-state index in [1.54, 1.807) is 0 Å². The van der Waals surface area contributed by atoms with E-state index in [2.05, 4.69) is 12.2 Å². The van der Waals surface area contributed by atoms with Crippen LogP contribution in [0.15, 0.2) is 0 Å². The lowest BCUT2D eigenvalue weighted by molar-refractivity contribution is -0.452. The van der Waals surface area contributed by atoms with E-state index in [1.165, 1.54) is 57.8 Å². The molecule has 3 rings (SSSR count). The molecule has 3 fully saturated rings. The number of aliphatic hydroxyl groups excluding tert-OH is 3. The third-order valence-electron chi connectivity index (χ3n) is 8.37. The van der Waals surface area contributed by atoms with Crippen LogP contribution in [-0.4, -0.2) is 96.4 Å². The predicted octanol–water partition coefficient (Wildman–Crippen LogP) is 2.42. The van der Waals surface area contributed by atoms with Gasteiger partial charge in [0.25, 0.3) is 5.91 Å². The molecule has 5 atom stereocenters. The number of carbonyl (C=O) groups excluding carboxylic acids is 1. The van der Waals surface area contributed by atoms with Crippen molar-refractivity contribution in [2.45, 2.75) is 126 Å². The van der Waals surface area contributed by atoms with Crippen LogP contribution in [-0.2, 0) is 38.9 Å². The average Bonchev–Trinajstić information content (AvgIpc) is 3.76. The van der Waals surface area contributed by atoms with Crippen LogP contribution in [0.1, 0.15) is 96.8 Å². The van der Waals surface area contributed by atoms with Crippen LogP contribution in [0.4, 0.5) is 0 Å². The summed E-state index contributed by atoms with van der Waals surface area (Å²) in [5, 5.41) is 33.8. The van der Waals surface area contributed by atoms with Gasteiger partial charge in [-0.3, -0.25) is 4.79 Å². The van der Waals surface area contributed by atoms with Crippen molar-refractivity contribution in [1.82, 2.24) is 5.32 Å². The molecule has 0 bridgehead atoms. The molecule has 0 saturated carbocycles. The summed E-state index contributed by atoms with van der Waals surface area (Å²) in [7, 11) is 0. The maximum atomic E-state index is 13.7. The number of ether oxygens (including phenoxy) is 1. The first-order valence-electron chi connectivity index (χ1n) is 15.2. The standard InChI is InChI=1S/C28H51NO11/c1-2-3-4-5-6-7-8-9-10-11-17-34-18-12-16-29-25(33)27(14-20-36-39-27)28(15-21-37-40-28)26(13-19-35-38-26)24(32)23(31)22-30/h23-24,30-32H,2-22H2,1H3,(H,29,33)/t23-,24+,26-,27+,28-/m1/s1. The zero-order valence-electron chi connectivity index (χ0n) is 24.1. The summed E-state index contributed by atoms with van der Waals surface area (Å²) in [6.45, 7) is 3.28. The maximum absolute atomic E-state index is 13.7. The number of aliphatic hydroxyl groups is 3. The number of unbranched alkanes of at least 4 members (excludes halogenated alkanes) is 9. The van der Waals surface area contributed by atoms with E-state index in [0.717, 1.165) is 6.42 Å². The van der Waals surface area contributed by atoms with Gasteiger partial charge < -0.3 is 25.4 Å². The number of carbonyl (C=O) groups is 1. The highest BCUT2D eigenvalue weighted by molar-refractivity contribution is 5.87. The first kappa shape index (κ1) is 33.6. The molecule has 0 spiro atoms. The van der Waals surface area contributed by atoms with Gasteiger partial charge >= 0.3 is 0 Å². The van der Waals surface area contributed by atoms with Crippen LogP contribution in [0.5, 0.6) is 0 Å². The molecule has 1 amide bonds. The molecule has 3 saturated heterocycles. The number of hydrogen-bond donors (Lipinski definition) is 4. The fraction of sp³-hybridized carbons (Fsp3) is 0.964. The fourth-order valence-electron chi connectivity index (χ4n) is 6.05. The molecule has 0 aliphatic carbocycles. The second kappa shape index (κ2) is 17.3. The van der Waals surface area contributed by atoms with Crippen LogP contribution >= 0.6 is 0 Å². The third kappa shape index (κ3) is 7.71. The largest absolute Gasteiger partial charge is 0.394 e. The Morgan fingerprint density at radius 3 is 1.98 bits per heavy atom. The molecular weight excluding hydrogens is 526 g/mol. The molecule has 3 aliphatic heterocycles. The zero-order valence-corrected chi connectivity index (χ0v) is 24.1. The Morgan fingerprint density at radius 2 is 1.40 bits per heavy atom. The van der Waals surface area contributed by atoms with Crippen molar-refractivity contribution >= 4 is 5.91 Å². The van der Waals surface area contributed by atoms with Crippen LogP contribution < -0.4 is 5.32 Å². The van der Waals surface area contributed by atoms with Gasteiger partial charge in [-0.15, -0.1) is 0 Å². The highest BCUT2D eigenvalue weighted by Gasteiger charge is 2.77. The van der Waals surface area contributed by atoms with Gasteiger partial charge in [-0.25, -0.2) is 29.3 Å². The highest BCUT2D eigenvalue weighted by Crippen LogP contribution is 2.55. The van der Waals surface area contributed by atoms with Gasteiger partial charge in [0, 0.05) is 39.0 Å². The second-order valence-corrected chi connectivity index (χ2v) is 11.1.